The van der Waals surface area contributed by atoms with Crippen molar-refractivity contribution < 1.29 is 0 Å². The molecule has 8 aromatic carbocycles. The molecule has 0 saturated heterocycles. The van der Waals surface area contributed by atoms with E-state index in [-0.39, 0.29) is 10.8 Å². The summed E-state index contributed by atoms with van der Waals surface area (Å²) in [6, 6.07) is 60.0. The van der Waals surface area contributed by atoms with Crippen molar-refractivity contribution in [1.29, 1.82) is 0 Å². The molecule has 7 heteroatoms. The lowest BCUT2D eigenvalue weighted by atomic mass is 9.69. The van der Waals surface area contributed by atoms with Gasteiger partial charge in [0.2, 0.25) is 0 Å². The first-order valence-corrected chi connectivity index (χ1v) is 32.8. The van der Waals surface area contributed by atoms with Gasteiger partial charge in [-0.3, -0.25) is 0 Å². The fourth-order valence-electron chi connectivity index (χ4n) is 14.5. The van der Waals surface area contributed by atoms with Crippen molar-refractivity contribution in [3.63, 3.8) is 0 Å². The van der Waals surface area contributed by atoms with Gasteiger partial charge >= 0.3 is 0 Å². The Morgan fingerprint density at radius 1 is 0.366 bits per heavy atom. The fraction of sp³-hybridized carbons (Fsp3) is 0.360. The van der Waals surface area contributed by atoms with Crippen LogP contribution in [0.5, 0.6) is 0 Å². The number of para-hydroxylation sites is 2. The normalized spacial score (nSPS) is 13.9. The van der Waals surface area contributed by atoms with E-state index in [1.807, 2.05) is 0 Å². The van der Waals surface area contributed by atoms with E-state index < -0.39 is 0 Å². The Bertz CT molecular complexity index is 3710. The van der Waals surface area contributed by atoms with Crippen LogP contribution in [0.25, 0.3) is 66.7 Å². The minimum atomic E-state index is -0.144. The van der Waals surface area contributed by atoms with Crippen LogP contribution < -0.4 is 4.90 Å². The summed E-state index contributed by atoms with van der Waals surface area (Å²) in [6.07, 6.45) is 24.5. The summed E-state index contributed by atoms with van der Waals surface area (Å²) in [6.45, 7) is 11.6. The SMILES string of the molecule is CCCCCCC1(CCCCCC)c2cc(C)ccc2-c2ccc(-c3c4c(c(-c5ccc6c(c5)C(CCCCCC)(CCCCCC)c5cc(-c7ccc(N(c8ccccc8)c8ccccc8)cc7)ccc5-6)c5nsnc35)N=S=N4)cc21. The fourth-order valence-corrected chi connectivity index (χ4v) is 15.7. The highest BCUT2D eigenvalue weighted by molar-refractivity contribution is 7.58. The molecule has 0 amide bonds. The van der Waals surface area contributed by atoms with Crippen LogP contribution in [0, 0.1) is 6.92 Å². The summed E-state index contributed by atoms with van der Waals surface area (Å²) < 4.78 is 20.9. The van der Waals surface area contributed by atoms with Crippen molar-refractivity contribution >= 4 is 62.6 Å². The largest absolute Gasteiger partial charge is 0.311 e. The molecule has 9 aromatic rings. The number of hydrogen-bond donors (Lipinski definition) is 0. The summed E-state index contributed by atoms with van der Waals surface area (Å²) in [7, 11) is 0. The van der Waals surface area contributed by atoms with Crippen LogP contribution in [0.15, 0.2) is 166 Å². The van der Waals surface area contributed by atoms with Gasteiger partial charge in [0.05, 0.1) is 23.1 Å². The van der Waals surface area contributed by atoms with Crippen LogP contribution in [-0.4, -0.2) is 8.75 Å². The number of hydrogen-bond acceptors (Lipinski definition) is 6. The van der Waals surface area contributed by atoms with Crippen LogP contribution in [0.2, 0.25) is 0 Å². The minimum Gasteiger partial charge on any atom is -0.311 e. The van der Waals surface area contributed by atoms with Crippen molar-refractivity contribution in [2.75, 3.05) is 4.90 Å². The van der Waals surface area contributed by atoms with Crippen LogP contribution in [0.4, 0.5) is 28.4 Å². The van der Waals surface area contributed by atoms with Gasteiger partial charge in [0, 0.05) is 39.0 Å². The molecule has 82 heavy (non-hydrogen) atoms. The highest BCUT2D eigenvalue weighted by Gasteiger charge is 2.45. The Morgan fingerprint density at radius 3 is 1.16 bits per heavy atom. The van der Waals surface area contributed by atoms with Crippen LogP contribution in [-0.2, 0) is 22.2 Å². The molecule has 0 unspecified atom stereocenters. The first-order valence-electron chi connectivity index (χ1n) is 31.4. The highest BCUT2D eigenvalue weighted by atomic mass is 32.1. The van der Waals surface area contributed by atoms with E-state index in [1.54, 1.807) is 0 Å². The van der Waals surface area contributed by atoms with Crippen LogP contribution in [0.1, 0.15) is 184 Å². The number of rotatable bonds is 26. The van der Waals surface area contributed by atoms with Gasteiger partial charge in [0.1, 0.15) is 22.4 Å². The molecule has 1 aromatic heterocycles. The average Bonchev–Trinajstić information content (AvgIpc) is 4.27. The molecular weight excluding hydrogens is 1030 g/mol. The van der Waals surface area contributed by atoms with E-state index in [9.17, 15) is 0 Å². The maximum atomic E-state index is 5.24. The molecule has 0 spiro atoms. The molecular formula is C75H81N5S2. The predicted molar refractivity (Wildman–Crippen MR) is 352 cm³/mol. The Labute approximate surface area is 496 Å². The Hall–Kier alpha value is -6.80. The number of aryl methyl sites for hydroxylation is 1. The smallest absolute Gasteiger partial charge is 0.115 e. The molecule has 3 aliphatic rings. The molecule has 2 heterocycles. The topological polar surface area (TPSA) is 53.7 Å². The first-order chi connectivity index (χ1) is 40.4. The number of aromatic nitrogens is 2. The zero-order chi connectivity index (χ0) is 56.0. The zero-order valence-electron chi connectivity index (χ0n) is 49.2. The van der Waals surface area contributed by atoms with Gasteiger partial charge in [-0.05, 0) is 154 Å². The highest BCUT2D eigenvalue weighted by Crippen LogP contribution is 2.60. The van der Waals surface area contributed by atoms with Gasteiger partial charge in [-0.15, -0.1) is 0 Å². The standard InChI is InChI=1S/C75H81N5S2/c1-6-10-14-24-44-74(45-25-15-11-7-2)64-48-52(5)32-40-60(64)62-42-36-55(50-66(62)74)68-70-72(78-81-76-70)69(73-71(68)77-82-79-73)56-37-43-63-61-41-35-54(49-65(61)75(67(63)51-56,46-26-16-12-8-3)47-27-17-13-9-4)53-33-38-59(39-34-53)80(57-28-20-18-21-29-57)58-30-22-19-23-31-58/h18-23,28-43,48-51H,6-17,24-27,44-47H2,1-5H3. The summed E-state index contributed by atoms with van der Waals surface area (Å²) >= 11 is 2.65. The Kier molecular flexibility index (Phi) is 17.0. The predicted octanol–water partition coefficient (Wildman–Crippen LogP) is 23.6. The second-order valence-corrected chi connectivity index (χ2v) is 25.0. The molecule has 12 rings (SSSR count). The van der Waals surface area contributed by atoms with Crippen molar-refractivity contribution in [1.82, 2.24) is 8.75 Å². The number of fused-ring (bicyclic) bond motifs is 8. The third-order valence-electron chi connectivity index (χ3n) is 18.7. The van der Waals surface area contributed by atoms with E-state index in [0.717, 1.165) is 69.0 Å². The number of benzene rings is 8. The summed E-state index contributed by atoms with van der Waals surface area (Å²) in [5, 5.41) is 0. The number of nitrogens with zero attached hydrogens (tertiary/aromatic N) is 5. The third kappa shape index (κ3) is 10.4. The van der Waals surface area contributed by atoms with Crippen molar-refractivity contribution in [2.45, 2.75) is 174 Å². The van der Waals surface area contributed by atoms with Gasteiger partial charge in [-0.2, -0.15) is 17.5 Å². The second-order valence-electron chi connectivity index (χ2n) is 24.0. The summed E-state index contributed by atoms with van der Waals surface area (Å²) in [5.74, 6) is 0. The number of anilines is 3. The van der Waals surface area contributed by atoms with Crippen LogP contribution >= 0.6 is 11.7 Å². The van der Waals surface area contributed by atoms with Crippen molar-refractivity contribution in [3.05, 3.63) is 186 Å². The maximum absolute atomic E-state index is 5.24. The molecule has 0 bridgehead atoms. The lowest BCUT2D eigenvalue weighted by Gasteiger charge is -2.33. The van der Waals surface area contributed by atoms with E-state index in [4.69, 9.17) is 17.5 Å². The molecule has 418 valence electrons. The van der Waals surface area contributed by atoms with Crippen LogP contribution in [0.3, 0.4) is 0 Å². The molecule has 5 nitrogen and oxygen atoms in total. The lowest BCUT2D eigenvalue weighted by Crippen LogP contribution is -2.25. The lowest BCUT2D eigenvalue weighted by molar-refractivity contribution is 0.401. The number of unbranched alkanes of at least 4 members (excludes halogenated alkanes) is 12. The van der Waals surface area contributed by atoms with Crippen molar-refractivity contribution in [3.8, 4) is 55.6 Å². The van der Waals surface area contributed by atoms with Gasteiger partial charge in [0.15, 0.2) is 0 Å². The minimum absolute atomic E-state index is 0.0347. The van der Waals surface area contributed by atoms with Gasteiger partial charge in [0.25, 0.3) is 0 Å². The first kappa shape index (κ1) is 55.7. The molecule has 0 N–H and O–H groups in total. The molecule has 1 aliphatic heterocycles. The van der Waals surface area contributed by atoms with E-state index in [2.05, 4.69) is 197 Å². The molecule has 0 radical (unpaired) electrons. The van der Waals surface area contributed by atoms with Gasteiger partial charge in [-0.1, -0.05) is 239 Å². The molecule has 2 aliphatic carbocycles. The van der Waals surface area contributed by atoms with E-state index in [0.29, 0.717) is 0 Å². The Balaban J connectivity index is 0.962. The van der Waals surface area contributed by atoms with E-state index >= 15 is 0 Å². The van der Waals surface area contributed by atoms with Crippen molar-refractivity contribution in [2.24, 2.45) is 8.73 Å². The molecule has 0 saturated carbocycles. The average molecular weight is 1120 g/mol. The third-order valence-corrected chi connectivity index (χ3v) is 19.8. The zero-order valence-corrected chi connectivity index (χ0v) is 50.8. The monoisotopic (exact) mass is 1120 g/mol. The quantitative estimate of drug-likeness (QED) is 0.0508. The van der Waals surface area contributed by atoms with Gasteiger partial charge < -0.3 is 4.90 Å². The summed E-state index contributed by atoms with van der Waals surface area (Å²) in [5.41, 5.74) is 26.8. The second kappa shape index (κ2) is 25.0. The summed E-state index contributed by atoms with van der Waals surface area (Å²) in [4.78, 5) is 2.35. The Morgan fingerprint density at radius 2 is 0.732 bits per heavy atom. The molecule has 0 fully saturated rings. The molecule has 0 atom stereocenters. The van der Waals surface area contributed by atoms with E-state index in [1.165, 1.54) is 205 Å². The van der Waals surface area contributed by atoms with Gasteiger partial charge in [-0.25, -0.2) is 0 Å². The maximum Gasteiger partial charge on any atom is 0.115 e.